The highest BCUT2D eigenvalue weighted by Gasteiger charge is 2.14. The predicted molar refractivity (Wildman–Crippen MR) is 87.0 cm³/mol. The molecule has 0 saturated heterocycles. The number of ketones is 1. The molecule has 126 valence electrons. The standard InChI is InChI=1S/C18H19NO5/c1-11-3-5-13(6-4-11)16(20)7-8-17(21)19-10-14-9-15(18(22)23)12(2)24-14/h3-6,9H,7-8,10H2,1-2H3,(H,19,21)(H,22,23). The number of aromatic carboxylic acids is 1. The van der Waals surface area contributed by atoms with Crippen molar-refractivity contribution >= 4 is 17.7 Å². The number of benzene rings is 1. The zero-order valence-corrected chi connectivity index (χ0v) is 13.6. The van der Waals surface area contributed by atoms with Crippen molar-refractivity contribution in [3.63, 3.8) is 0 Å². The molecule has 2 rings (SSSR count). The number of carboxylic acids is 1. The quantitative estimate of drug-likeness (QED) is 0.761. The predicted octanol–water partition coefficient (Wildman–Crippen LogP) is 2.87. The first-order valence-corrected chi connectivity index (χ1v) is 7.56. The molecule has 0 fully saturated rings. The van der Waals surface area contributed by atoms with Crippen molar-refractivity contribution < 1.29 is 23.9 Å². The highest BCUT2D eigenvalue weighted by atomic mass is 16.4. The number of carbonyl (C=O) groups is 3. The van der Waals surface area contributed by atoms with Gasteiger partial charge in [-0.05, 0) is 19.9 Å². The Morgan fingerprint density at radius 1 is 1.08 bits per heavy atom. The van der Waals surface area contributed by atoms with Crippen molar-refractivity contribution in [1.82, 2.24) is 5.32 Å². The van der Waals surface area contributed by atoms with Crippen LogP contribution in [0.25, 0.3) is 0 Å². The van der Waals surface area contributed by atoms with Crippen molar-refractivity contribution in [3.05, 3.63) is 58.5 Å². The van der Waals surface area contributed by atoms with E-state index >= 15 is 0 Å². The van der Waals surface area contributed by atoms with Crippen LogP contribution in [0.1, 0.15) is 50.6 Å². The Morgan fingerprint density at radius 2 is 1.75 bits per heavy atom. The molecule has 0 atom stereocenters. The maximum absolute atomic E-state index is 12.0. The first-order chi connectivity index (χ1) is 11.4. The summed E-state index contributed by atoms with van der Waals surface area (Å²) >= 11 is 0. The van der Waals surface area contributed by atoms with E-state index in [1.54, 1.807) is 19.1 Å². The van der Waals surface area contributed by atoms with Crippen LogP contribution in [-0.4, -0.2) is 22.8 Å². The van der Waals surface area contributed by atoms with E-state index < -0.39 is 5.97 Å². The van der Waals surface area contributed by atoms with E-state index in [0.29, 0.717) is 17.1 Å². The molecule has 0 unspecified atom stereocenters. The fourth-order valence-corrected chi connectivity index (χ4v) is 2.23. The van der Waals surface area contributed by atoms with Crippen molar-refractivity contribution in [2.45, 2.75) is 33.2 Å². The lowest BCUT2D eigenvalue weighted by Crippen LogP contribution is -2.23. The number of carboxylic acid groups (broad SMARTS) is 1. The number of hydrogen-bond donors (Lipinski definition) is 2. The first-order valence-electron chi connectivity index (χ1n) is 7.56. The molecule has 0 aliphatic rings. The number of Topliss-reactive ketones (excluding diaryl/α,β-unsaturated/α-hetero) is 1. The molecular weight excluding hydrogens is 310 g/mol. The molecule has 1 amide bonds. The van der Waals surface area contributed by atoms with Gasteiger partial charge < -0.3 is 14.8 Å². The maximum Gasteiger partial charge on any atom is 0.339 e. The Kier molecular flexibility index (Phi) is 5.52. The van der Waals surface area contributed by atoms with Crippen LogP contribution >= 0.6 is 0 Å². The van der Waals surface area contributed by atoms with Gasteiger partial charge in [0, 0.05) is 18.4 Å². The van der Waals surface area contributed by atoms with E-state index in [-0.39, 0.29) is 36.6 Å². The van der Waals surface area contributed by atoms with Gasteiger partial charge in [0.05, 0.1) is 6.54 Å². The number of nitrogens with one attached hydrogen (secondary N) is 1. The van der Waals surface area contributed by atoms with Crippen LogP contribution in [0.5, 0.6) is 0 Å². The lowest BCUT2D eigenvalue weighted by molar-refractivity contribution is -0.121. The highest BCUT2D eigenvalue weighted by Crippen LogP contribution is 2.14. The maximum atomic E-state index is 12.0. The molecule has 0 radical (unpaired) electrons. The summed E-state index contributed by atoms with van der Waals surface area (Å²) in [5.74, 6) is -0.796. The van der Waals surface area contributed by atoms with Gasteiger partial charge in [0.1, 0.15) is 17.1 Å². The van der Waals surface area contributed by atoms with Gasteiger partial charge in [-0.3, -0.25) is 9.59 Å². The molecule has 0 bridgehead atoms. The number of amides is 1. The zero-order valence-electron chi connectivity index (χ0n) is 13.6. The number of hydrogen-bond acceptors (Lipinski definition) is 4. The summed E-state index contributed by atoms with van der Waals surface area (Å²) in [5, 5.41) is 11.6. The van der Waals surface area contributed by atoms with E-state index in [0.717, 1.165) is 5.56 Å². The zero-order chi connectivity index (χ0) is 17.7. The molecule has 1 aromatic carbocycles. The van der Waals surface area contributed by atoms with Crippen molar-refractivity contribution in [3.8, 4) is 0 Å². The van der Waals surface area contributed by atoms with Crippen molar-refractivity contribution in [1.29, 1.82) is 0 Å². The SMILES string of the molecule is Cc1ccc(C(=O)CCC(=O)NCc2cc(C(=O)O)c(C)o2)cc1. The number of carbonyl (C=O) groups excluding carboxylic acids is 2. The second-order valence-electron chi connectivity index (χ2n) is 5.55. The van der Waals surface area contributed by atoms with Gasteiger partial charge in [-0.15, -0.1) is 0 Å². The van der Waals surface area contributed by atoms with Gasteiger partial charge in [-0.1, -0.05) is 29.8 Å². The molecule has 1 heterocycles. The molecule has 2 N–H and O–H groups in total. The molecule has 1 aromatic heterocycles. The van der Waals surface area contributed by atoms with Crippen molar-refractivity contribution in [2.75, 3.05) is 0 Å². The van der Waals surface area contributed by atoms with Crippen LogP contribution in [0.2, 0.25) is 0 Å². The Hall–Kier alpha value is -2.89. The molecule has 24 heavy (non-hydrogen) atoms. The molecular formula is C18H19NO5. The Labute approximate surface area is 139 Å². The van der Waals surface area contributed by atoms with Crippen LogP contribution < -0.4 is 5.32 Å². The third-order valence-corrected chi connectivity index (χ3v) is 3.61. The van der Waals surface area contributed by atoms with Crippen LogP contribution in [0.3, 0.4) is 0 Å². The normalized spacial score (nSPS) is 10.4. The third kappa shape index (κ3) is 4.55. The monoisotopic (exact) mass is 329 g/mol. The van der Waals surface area contributed by atoms with Gasteiger partial charge in [0.2, 0.25) is 5.91 Å². The van der Waals surface area contributed by atoms with Crippen LogP contribution in [0, 0.1) is 13.8 Å². The van der Waals surface area contributed by atoms with Gasteiger partial charge in [0.25, 0.3) is 0 Å². The Morgan fingerprint density at radius 3 is 2.33 bits per heavy atom. The van der Waals surface area contributed by atoms with E-state index in [4.69, 9.17) is 9.52 Å². The van der Waals surface area contributed by atoms with E-state index in [1.165, 1.54) is 6.07 Å². The third-order valence-electron chi connectivity index (χ3n) is 3.61. The molecule has 2 aromatic rings. The molecule has 0 aliphatic heterocycles. The molecule has 0 aliphatic carbocycles. The number of furan rings is 1. The second kappa shape index (κ2) is 7.59. The number of aryl methyl sites for hydroxylation is 2. The summed E-state index contributed by atoms with van der Waals surface area (Å²) in [4.78, 5) is 34.7. The second-order valence-corrected chi connectivity index (χ2v) is 5.55. The average molecular weight is 329 g/mol. The topological polar surface area (TPSA) is 96.6 Å². The Bertz CT molecular complexity index is 758. The first kappa shape index (κ1) is 17.5. The fraction of sp³-hybridized carbons (Fsp3) is 0.278. The molecule has 6 nitrogen and oxygen atoms in total. The fourth-order valence-electron chi connectivity index (χ4n) is 2.23. The molecule has 0 saturated carbocycles. The van der Waals surface area contributed by atoms with Gasteiger partial charge in [0.15, 0.2) is 5.78 Å². The summed E-state index contributed by atoms with van der Waals surface area (Å²) in [6.45, 7) is 3.58. The lowest BCUT2D eigenvalue weighted by Gasteiger charge is -2.04. The van der Waals surface area contributed by atoms with Crippen molar-refractivity contribution in [2.24, 2.45) is 0 Å². The van der Waals surface area contributed by atoms with E-state index in [2.05, 4.69) is 5.32 Å². The van der Waals surface area contributed by atoms with Crippen LogP contribution in [-0.2, 0) is 11.3 Å². The van der Waals surface area contributed by atoms with Crippen LogP contribution in [0.4, 0.5) is 0 Å². The summed E-state index contributed by atoms with van der Waals surface area (Å²) in [5.41, 5.74) is 1.73. The summed E-state index contributed by atoms with van der Waals surface area (Å²) < 4.78 is 5.27. The van der Waals surface area contributed by atoms with Gasteiger partial charge in [-0.25, -0.2) is 4.79 Å². The largest absolute Gasteiger partial charge is 0.478 e. The van der Waals surface area contributed by atoms with Gasteiger partial charge in [-0.2, -0.15) is 0 Å². The minimum atomic E-state index is -1.07. The lowest BCUT2D eigenvalue weighted by atomic mass is 10.1. The van der Waals surface area contributed by atoms with Crippen LogP contribution in [0.15, 0.2) is 34.7 Å². The summed E-state index contributed by atoms with van der Waals surface area (Å²) in [6.07, 6.45) is 0.185. The summed E-state index contributed by atoms with van der Waals surface area (Å²) in [6, 6.07) is 8.58. The smallest absolute Gasteiger partial charge is 0.339 e. The Balaban J connectivity index is 1.81. The highest BCUT2D eigenvalue weighted by molar-refractivity contribution is 5.98. The minimum Gasteiger partial charge on any atom is -0.478 e. The minimum absolute atomic E-state index is 0.0676. The van der Waals surface area contributed by atoms with Gasteiger partial charge >= 0.3 is 5.97 Å². The van der Waals surface area contributed by atoms with E-state index in [9.17, 15) is 14.4 Å². The summed E-state index contributed by atoms with van der Waals surface area (Å²) in [7, 11) is 0. The molecule has 6 heteroatoms. The average Bonchev–Trinajstić information content (AvgIpc) is 2.92. The van der Waals surface area contributed by atoms with E-state index in [1.807, 2.05) is 19.1 Å². The molecule has 0 spiro atoms. The number of rotatable bonds is 7.